The Labute approximate surface area is 107 Å². The van der Waals surface area contributed by atoms with Crippen LogP contribution in [-0.2, 0) is 0 Å². The summed E-state index contributed by atoms with van der Waals surface area (Å²) in [6.45, 7) is 4.39. The van der Waals surface area contributed by atoms with Crippen LogP contribution in [0.1, 0.15) is 51.9 Å². The van der Waals surface area contributed by atoms with E-state index < -0.39 is 0 Å². The second-order valence-corrected chi connectivity index (χ2v) is 5.35. The van der Waals surface area contributed by atoms with Gasteiger partial charge in [-0.2, -0.15) is 0 Å². The molecule has 0 aromatic rings. The highest BCUT2D eigenvalue weighted by Crippen LogP contribution is 2.21. The largest absolute Gasteiger partial charge is 0.395 e. The lowest BCUT2D eigenvalue weighted by Gasteiger charge is -2.28. The average molecular weight is 242 g/mol. The summed E-state index contributed by atoms with van der Waals surface area (Å²) in [6.07, 6.45) is 9.40. The van der Waals surface area contributed by atoms with Crippen LogP contribution in [0.25, 0.3) is 0 Å². The molecule has 0 radical (unpaired) electrons. The molecule has 1 saturated carbocycles. The van der Waals surface area contributed by atoms with Crippen molar-refractivity contribution in [3.8, 4) is 0 Å². The van der Waals surface area contributed by atoms with Gasteiger partial charge in [-0.3, -0.25) is 0 Å². The third-order valence-electron chi connectivity index (χ3n) is 3.99. The van der Waals surface area contributed by atoms with Crippen molar-refractivity contribution in [1.29, 1.82) is 0 Å². The van der Waals surface area contributed by atoms with Crippen LogP contribution >= 0.6 is 0 Å². The molecule has 0 heterocycles. The minimum atomic E-state index is 0.256. The maximum Gasteiger partial charge on any atom is 0.0585 e. The molecule has 0 amide bonds. The zero-order valence-electron chi connectivity index (χ0n) is 11.6. The van der Waals surface area contributed by atoms with Gasteiger partial charge < -0.3 is 15.3 Å². The van der Waals surface area contributed by atoms with Gasteiger partial charge in [0.15, 0.2) is 0 Å². The molecule has 1 rings (SSSR count). The molecule has 1 aliphatic rings. The van der Waals surface area contributed by atoms with Crippen molar-refractivity contribution in [2.24, 2.45) is 0 Å². The van der Waals surface area contributed by atoms with E-state index in [4.69, 9.17) is 0 Å². The van der Waals surface area contributed by atoms with Crippen molar-refractivity contribution in [2.45, 2.75) is 64.0 Å². The first kappa shape index (κ1) is 14.9. The standard InChI is InChI=1S/C14H30N2O/c1-3-15-13(12-17)10-11-16(2)14-8-6-4-5-7-9-14/h13-15,17H,3-12H2,1-2H3. The molecule has 102 valence electrons. The van der Waals surface area contributed by atoms with Gasteiger partial charge in [-0.25, -0.2) is 0 Å². The van der Waals surface area contributed by atoms with Gasteiger partial charge in [-0.15, -0.1) is 0 Å². The Morgan fingerprint density at radius 2 is 1.88 bits per heavy atom. The number of hydrogen-bond acceptors (Lipinski definition) is 3. The van der Waals surface area contributed by atoms with E-state index in [0.29, 0.717) is 0 Å². The van der Waals surface area contributed by atoms with E-state index in [-0.39, 0.29) is 12.6 Å². The van der Waals surface area contributed by atoms with Gasteiger partial charge in [0.05, 0.1) is 6.61 Å². The number of hydrogen-bond donors (Lipinski definition) is 2. The number of nitrogens with one attached hydrogen (secondary N) is 1. The van der Waals surface area contributed by atoms with E-state index in [9.17, 15) is 5.11 Å². The molecular formula is C14H30N2O. The average Bonchev–Trinajstić information content (AvgIpc) is 2.62. The van der Waals surface area contributed by atoms with E-state index in [0.717, 1.165) is 25.6 Å². The molecule has 0 bridgehead atoms. The van der Waals surface area contributed by atoms with Crippen LogP contribution < -0.4 is 5.32 Å². The molecule has 1 unspecified atom stereocenters. The second-order valence-electron chi connectivity index (χ2n) is 5.35. The fourth-order valence-electron chi connectivity index (χ4n) is 2.79. The van der Waals surface area contributed by atoms with E-state index in [1.807, 2.05) is 0 Å². The number of nitrogens with zero attached hydrogens (tertiary/aromatic N) is 1. The van der Waals surface area contributed by atoms with Gasteiger partial charge in [0.25, 0.3) is 0 Å². The summed E-state index contributed by atoms with van der Waals surface area (Å²) in [6, 6.07) is 1.05. The first-order valence-electron chi connectivity index (χ1n) is 7.32. The summed E-state index contributed by atoms with van der Waals surface area (Å²) in [7, 11) is 2.25. The predicted molar refractivity (Wildman–Crippen MR) is 73.3 cm³/mol. The number of likely N-dealkylation sites (N-methyl/N-ethyl adjacent to an activating group) is 1. The minimum Gasteiger partial charge on any atom is -0.395 e. The van der Waals surface area contributed by atoms with Crippen molar-refractivity contribution in [3.63, 3.8) is 0 Å². The van der Waals surface area contributed by atoms with E-state index in [2.05, 4.69) is 24.2 Å². The molecule has 1 atom stereocenters. The summed E-state index contributed by atoms with van der Waals surface area (Å²) in [5, 5.41) is 12.6. The molecule has 0 aromatic heterocycles. The van der Waals surface area contributed by atoms with Crippen LogP contribution in [-0.4, -0.2) is 48.8 Å². The molecule has 3 nitrogen and oxygen atoms in total. The van der Waals surface area contributed by atoms with Crippen molar-refractivity contribution < 1.29 is 5.11 Å². The van der Waals surface area contributed by atoms with Gasteiger partial charge in [-0.05, 0) is 39.4 Å². The Morgan fingerprint density at radius 3 is 2.41 bits per heavy atom. The lowest BCUT2D eigenvalue weighted by atomic mass is 10.1. The summed E-state index contributed by atoms with van der Waals surface area (Å²) in [5.74, 6) is 0. The third-order valence-corrected chi connectivity index (χ3v) is 3.99. The Morgan fingerprint density at radius 1 is 1.24 bits per heavy atom. The Bertz CT molecular complexity index is 179. The zero-order valence-corrected chi connectivity index (χ0v) is 11.6. The van der Waals surface area contributed by atoms with Crippen LogP contribution in [0.3, 0.4) is 0 Å². The van der Waals surface area contributed by atoms with E-state index in [1.165, 1.54) is 38.5 Å². The maximum absolute atomic E-state index is 9.24. The SMILES string of the molecule is CCNC(CO)CCN(C)C1CCCCCC1. The van der Waals surface area contributed by atoms with Crippen LogP contribution in [0.5, 0.6) is 0 Å². The highest BCUT2D eigenvalue weighted by Gasteiger charge is 2.17. The smallest absolute Gasteiger partial charge is 0.0585 e. The predicted octanol–water partition coefficient (Wildman–Crippen LogP) is 2.00. The molecule has 0 aromatic carbocycles. The van der Waals surface area contributed by atoms with Crippen molar-refractivity contribution in [2.75, 3.05) is 26.7 Å². The lowest BCUT2D eigenvalue weighted by Crippen LogP contribution is -2.38. The summed E-state index contributed by atoms with van der Waals surface area (Å²) in [4.78, 5) is 2.51. The molecular weight excluding hydrogens is 212 g/mol. The van der Waals surface area contributed by atoms with Crippen LogP contribution in [0.4, 0.5) is 0 Å². The van der Waals surface area contributed by atoms with Gasteiger partial charge in [0.1, 0.15) is 0 Å². The third kappa shape index (κ3) is 5.84. The molecule has 0 aliphatic heterocycles. The fourth-order valence-corrected chi connectivity index (χ4v) is 2.79. The second kappa shape index (κ2) is 8.90. The molecule has 1 aliphatic carbocycles. The van der Waals surface area contributed by atoms with Crippen molar-refractivity contribution in [1.82, 2.24) is 10.2 Å². The molecule has 2 N–H and O–H groups in total. The van der Waals surface area contributed by atoms with Gasteiger partial charge in [0, 0.05) is 12.1 Å². The molecule has 0 spiro atoms. The molecule has 3 heteroatoms. The Hall–Kier alpha value is -0.120. The van der Waals surface area contributed by atoms with Crippen molar-refractivity contribution >= 4 is 0 Å². The first-order chi connectivity index (χ1) is 8.27. The number of aliphatic hydroxyl groups is 1. The van der Waals surface area contributed by atoms with Crippen molar-refractivity contribution in [3.05, 3.63) is 0 Å². The zero-order chi connectivity index (χ0) is 12.5. The van der Waals surface area contributed by atoms with Crippen LogP contribution in [0.2, 0.25) is 0 Å². The van der Waals surface area contributed by atoms with Crippen LogP contribution in [0.15, 0.2) is 0 Å². The summed E-state index contributed by atoms with van der Waals surface area (Å²) in [5.41, 5.74) is 0. The minimum absolute atomic E-state index is 0.256. The summed E-state index contributed by atoms with van der Waals surface area (Å²) >= 11 is 0. The highest BCUT2D eigenvalue weighted by molar-refractivity contribution is 4.74. The summed E-state index contributed by atoms with van der Waals surface area (Å²) < 4.78 is 0. The normalized spacial score (nSPS) is 20.5. The van der Waals surface area contributed by atoms with Gasteiger partial charge >= 0.3 is 0 Å². The van der Waals surface area contributed by atoms with Crippen LogP contribution in [0, 0.1) is 0 Å². The number of aliphatic hydroxyl groups excluding tert-OH is 1. The Kier molecular flexibility index (Phi) is 7.82. The highest BCUT2D eigenvalue weighted by atomic mass is 16.3. The Balaban J connectivity index is 2.24. The molecule has 17 heavy (non-hydrogen) atoms. The monoisotopic (exact) mass is 242 g/mol. The van der Waals surface area contributed by atoms with E-state index in [1.54, 1.807) is 0 Å². The maximum atomic E-state index is 9.24. The first-order valence-corrected chi connectivity index (χ1v) is 7.32. The molecule has 0 saturated heterocycles. The lowest BCUT2D eigenvalue weighted by molar-refractivity contribution is 0.185. The fraction of sp³-hybridized carbons (Fsp3) is 1.00. The number of rotatable bonds is 7. The quantitative estimate of drug-likeness (QED) is 0.670. The van der Waals surface area contributed by atoms with E-state index >= 15 is 0 Å². The topological polar surface area (TPSA) is 35.5 Å². The molecule has 1 fully saturated rings. The van der Waals surface area contributed by atoms with Gasteiger partial charge in [0.2, 0.25) is 0 Å². The van der Waals surface area contributed by atoms with Gasteiger partial charge in [-0.1, -0.05) is 32.6 Å².